The number of para-hydroxylation sites is 2. The first-order valence-corrected chi connectivity index (χ1v) is 9.13. The Morgan fingerprint density at radius 3 is 2.53 bits per heavy atom. The molecule has 2 aromatic carbocycles. The van der Waals surface area contributed by atoms with E-state index < -0.39 is 23.9 Å². The highest BCUT2D eigenvalue weighted by atomic mass is 16.6. The number of esters is 2. The summed E-state index contributed by atoms with van der Waals surface area (Å²) in [5, 5.41) is 2.70. The van der Waals surface area contributed by atoms with Crippen LogP contribution in [0, 0.1) is 0 Å². The van der Waals surface area contributed by atoms with Crippen LogP contribution in [-0.4, -0.2) is 51.4 Å². The van der Waals surface area contributed by atoms with E-state index in [0.717, 1.165) is 0 Å². The summed E-state index contributed by atoms with van der Waals surface area (Å²) >= 11 is 0. The number of hydrogen-bond acceptors (Lipinski definition) is 8. The molecule has 0 unspecified atom stereocenters. The number of amides is 1. The molecule has 1 N–H and O–H groups in total. The maximum Gasteiger partial charge on any atom is 0.347 e. The first-order valence-electron chi connectivity index (χ1n) is 9.13. The zero-order chi connectivity index (χ0) is 21.5. The molecule has 1 heterocycles. The number of anilines is 1. The van der Waals surface area contributed by atoms with Crippen LogP contribution < -0.4 is 19.5 Å². The van der Waals surface area contributed by atoms with Crippen LogP contribution in [0.1, 0.15) is 16.8 Å². The Kier molecular flexibility index (Phi) is 6.74. The van der Waals surface area contributed by atoms with E-state index in [9.17, 15) is 14.4 Å². The van der Waals surface area contributed by atoms with Gasteiger partial charge in [-0.1, -0.05) is 12.1 Å². The van der Waals surface area contributed by atoms with Crippen molar-refractivity contribution in [2.45, 2.75) is 12.5 Å². The summed E-state index contributed by atoms with van der Waals surface area (Å²) in [5.41, 5.74) is 0.696. The van der Waals surface area contributed by atoms with E-state index >= 15 is 0 Å². The Labute approximate surface area is 172 Å². The van der Waals surface area contributed by atoms with Gasteiger partial charge in [-0.15, -0.1) is 0 Å². The number of benzene rings is 2. The molecule has 1 atom stereocenters. The van der Waals surface area contributed by atoms with Crippen LogP contribution in [0.2, 0.25) is 0 Å². The van der Waals surface area contributed by atoms with Crippen molar-refractivity contribution in [3.05, 3.63) is 48.0 Å². The second kappa shape index (κ2) is 9.64. The van der Waals surface area contributed by atoms with Crippen molar-refractivity contribution in [1.29, 1.82) is 0 Å². The van der Waals surface area contributed by atoms with Crippen molar-refractivity contribution in [2.24, 2.45) is 0 Å². The number of carbonyl (C=O) groups is 3. The SMILES string of the molecule is COc1ccccc1NC(=O)COc1ccc(C(=O)O[C@@H]2CCOC2=O)cc1OC. The molecule has 9 heteroatoms. The molecular formula is C21H21NO8. The number of cyclic esters (lactones) is 1. The van der Waals surface area contributed by atoms with Crippen molar-refractivity contribution in [1.82, 2.24) is 0 Å². The molecular weight excluding hydrogens is 394 g/mol. The number of rotatable bonds is 8. The molecule has 0 bridgehead atoms. The van der Waals surface area contributed by atoms with E-state index in [4.69, 9.17) is 23.7 Å². The Morgan fingerprint density at radius 2 is 1.83 bits per heavy atom. The minimum atomic E-state index is -0.905. The molecule has 158 valence electrons. The quantitative estimate of drug-likeness (QED) is 0.654. The smallest absolute Gasteiger partial charge is 0.347 e. The van der Waals surface area contributed by atoms with Gasteiger partial charge in [0.15, 0.2) is 18.1 Å². The fourth-order valence-electron chi connectivity index (χ4n) is 2.77. The third kappa shape index (κ3) is 4.99. The lowest BCUT2D eigenvalue weighted by Crippen LogP contribution is -2.23. The molecule has 2 aromatic rings. The van der Waals surface area contributed by atoms with Crippen LogP contribution in [0.3, 0.4) is 0 Å². The molecule has 1 fully saturated rings. The highest BCUT2D eigenvalue weighted by Crippen LogP contribution is 2.29. The van der Waals surface area contributed by atoms with Gasteiger partial charge in [0, 0.05) is 6.42 Å². The fraction of sp³-hybridized carbons (Fsp3) is 0.286. The van der Waals surface area contributed by atoms with Gasteiger partial charge in [0.2, 0.25) is 6.10 Å². The zero-order valence-electron chi connectivity index (χ0n) is 16.5. The number of methoxy groups -OCH3 is 2. The van der Waals surface area contributed by atoms with Crippen LogP contribution in [0.4, 0.5) is 5.69 Å². The van der Waals surface area contributed by atoms with Gasteiger partial charge in [-0.05, 0) is 30.3 Å². The van der Waals surface area contributed by atoms with E-state index in [0.29, 0.717) is 17.9 Å². The van der Waals surface area contributed by atoms with E-state index in [2.05, 4.69) is 5.32 Å². The second-order valence-corrected chi connectivity index (χ2v) is 6.25. The van der Waals surface area contributed by atoms with Gasteiger partial charge in [0.1, 0.15) is 5.75 Å². The first kappa shape index (κ1) is 21.0. The monoisotopic (exact) mass is 415 g/mol. The minimum Gasteiger partial charge on any atom is -0.495 e. The number of carbonyl (C=O) groups excluding carboxylic acids is 3. The van der Waals surface area contributed by atoms with E-state index in [1.54, 1.807) is 24.3 Å². The van der Waals surface area contributed by atoms with Gasteiger partial charge in [-0.25, -0.2) is 9.59 Å². The van der Waals surface area contributed by atoms with Gasteiger partial charge in [-0.3, -0.25) is 4.79 Å². The lowest BCUT2D eigenvalue weighted by atomic mass is 10.2. The normalized spacial score (nSPS) is 15.1. The third-order valence-electron chi connectivity index (χ3n) is 4.28. The van der Waals surface area contributed by atoms with Crippen LogP contribution in [0.5, 0.6) is 17.2 Å². The van der Waals surface area contributed by atoms with Gasteiger partial charge >= 0.3 is 11.9 Å². The minimum absolute atomic E-state index is 0.178. The lowest BCUT2D eigenvalue weighted by Gasteiger charge is -2.14. The summed E-state index contributed by atoms with van der Waals surface area (Å²) in [5.74, 6) is -0.607. The largest absolute Gasteiger partial charge is 0.495 e. The molecule has 30 heavy (non-hydrogen) atoms. The number of nitrogens with one attached hydrogen (secondary N) is 1. The summed E-state index contributed by atoms with van der Waals surface area (Å²) in [4.78, 5) is 35.9. The lowest BCUT2D eigenvalue weighted by molar-refractivity contribution is -0.145. The van der Waals surface area contributed by atoms with Crippen molar-refractivity contribution in [3.8, 4) is 17.2 Å². The zero-order valence-corrected chi connectivity index (χ0v) is 16.5. The van der Waals surface area contributed by atoms with Gasteiger partial charge < -0.3 is 29.0 Å². The average molecular weight is 415 g/mol. The molecule has 0 aromatic heterocycles. The predicted octanol–water partition coefficient (Wildman–Crippen LogP) is 2.19. The molecule has 3 rings (SSSR count). The summed E-state index contributed by atoms with van der Waals surface area (Å²) < 4.78 is 25.9. The molecule has 9 nitrogen and oxygen atoms in total. The van der Waals surface area contributed by atoms with Crippen LogP contribution in [-0.2, 0) is 19.1 Å². The van der Waals surface area contributed by atoms with E-state index in [1.165, 1.54) is 32.4 Å². The molecule has 0 radical (unpaired) electrons. The van der Waals surface area contributed by atoms with Gasteiger partial charge in [0.25, 0.3) is 5.91 Å². The Morgan fingerprint density at radius 1 is 1.07 bits per heavy atom. The summed E-state index contributed by atoms with van der Waals surface area (Å²) in [7, 11) is 2.91. The second-order valence-electron chi connectivity index (χ2n) is 6.25. The fourth-order valence-corrected chi connectivity index (χ4v) is 2.77. The van der Waals surface area contributed by atoms with Gasteiger partial charge in [0.05, 0.1) is 32.1 Å². The molecule has 0 saturated carbocycles. The highest BCUT2D eigenvalue weighted by molar-refractivity contribution is 5.94. The van der Waals surface area contributed by atoms with Crippen LogP contribution in [0.25, 0.3) is 0 Å². The Hall–Kier alpha value is -3.75. The third-order valence-corrected chi connectivity index (χ3v) is 4.28. The standard InChI is InChI=1S/C21H21NO8/c1-26-15-6-4-3-5-14(15)22-19(23)12-29-16-8-7-13(11-18(16)27-2)20(24)30-17-9-10-28-21(17)25/h3-8,11,17H,9-10,12H2,1-2H3,(H,22,23)/t17-/m1/s1. The summed E-state index contributed by atoms with van der Waals surface area (Å²) in [6.45, 7) is -0.0596. The van der Waals surface area contributed by atoms with Crippen LogP contribution >= 0.6 is 0 Å². The highest BCUT2D eigenvalue weighted by Gasteiger charge is 2.30. The number of hydrogen-bond donors (Lipinski definition) is 1. The molecule has 1 aliphatic heterocycles. The van der Waals surface area contributed by atoms with Crippen LogP contribution in [0.15, 0.2) is 42.5 Å². The predicted molar refractivity (Wildman–Crippen MR) is 105 cm³/mol. The molecule has 0 spiro atoms. The van der Waals surface area contributed by atoms with E-state index in [1.807, 2.05) is 0 Å². The maximum absolute atomic E-state index is 12.3. The van der Waals surface area contributed by atoms with Crippen molar-refractivity contribution in [2.75, 3.05) is 32.8 Å². The van der Waals surface area contributed by atoms with Crippen molar-refractivity contribution >= 4 is 23.5 Å². The Balaban J connectivity index is 1.61. The maximum atomic E-state index is 12.3. The first-order chi connectivity index (χ1) is 14.5. The molecule has 1 amide bonds. The van der Waals surface area contributed by atoms with Crippen molar-refractivity contribution < 1.29 is 38.1 Å². The van der Waals surface area contributed by atoms with Gasteiger partial charge in [-0.2, -0.15) is 0 Å². The number of ether oxygens (including phenoxy) is 5. The topological polar surface area (TPSA) is 109 Å². The van der Waals surface area contributed by atoms with E-state index in [-0.39, 0.29) is 30.3 Å². The average Bonchev–Trinajstić information content (AvgIpc) is 3.16. The van der Waals surface area contributed by atoms with Crippen molar-refractivity contribution in [3.63, 3.8) is 0 Å². The summed E-state index contributed by atoms with van der Waals surface area (Å²) in [6, 6.07) is 11.3. The molecule has 1 saturated heterocycles. The summed E-state index contributed by atoms with van der Waals surface area (Å²) in [6.07, 6.45) is -0.581. The Bertz CT molecular complexity index is 942. The molecule has 0 aliphatic carbocycles. The molecule has 1 aliphatic rings.